The van der Waals surface area contributed by atoms with Crippen molar-refractivity contribution < 1.29 is 17.9 Å². The second-order valence-corrected chi connectivity index (χ2v) is 5.35. The Kier molecular flexibility index (Phi) is 4.78. The van der Waals surface area contributed by atoms with E-state index in [-0.39, 0.29) is 24.6 Å². The molecule has 0 saturated heterocycles. The van der Waals surface area contributed by atoms with Crippen LogP contribution in [0.1, 0.15) is 12.5 Å². The van der Waals surface area contributed by atoms with Crippen LogP contribution in [0.2, 0.25) is 0 Å². The summed E-state index contributed by atoms with van der Waals surface area (Å²) in [7, 11) is -3.97. The molecule has 1 aromatic carbocycles. The van der Waals surface area contributed by atoms with Crippen LogP contribution < -0.4 is 0 Å². The van der Waals surface area contributed by atoms with Crippen molar-refractivity contribution in [3.8, 4) is 6.07 Å². The molecule has 0 bridgehead atoms. The highest BCUT2D eigenvalue weighted by molar-refractivity contribution is 7.89. The molecule has 0 aromatic heterocycles. The number of hydrogen-bond donors (Lipinski definition) is 1. The molecule has 98 valence electrons. The fourth-order valence-corrected chi connectivity index (χ4v) is 3.12. The van der Waals surface area contributed by atoms with Crippen LogP contribution in [-0.2, 0) is 10.0 Å². The zero-order valence-corrected chi connectivity index (χ0v) is 10.6. The summed E-state index contributed by atoms with van der Waals surface area (Å²) < 4.78 is 38.7. The quantitative estimate of drug-likeness (QED) is 0.855. The molecule has 1 aromatic rings. The van der Waals surface area contributed by atoms with Gasteiger partial charge in [0.1, 0.15) is 22.3 Å². The van der Waals surface area contributed by atoms with E-state index in [1.54, 1.807) is 13.0 Å². The van der Waals surface area contributed by atoms with Gasteiger partial charge in [-0.1, -0.05) is 13.0 Å². The fraction of sp³-hybridized carbons (Fsp3) is 0.364. The minimum absolute atomic E-state index is 0.0970. The van der Waals surface area contributed by atoms with E-state index in [4.69, 9.17) is 10.4 Å². The van der Waals surface area contributed by atoms with E-state index in [0.29, 0.717) is 0 Å². The minimum Gasteiger partial charge on any atom is -0.395 e. The Bertz CT molecular complexity index is 566. The number of aliphatic hydroxyl groups excluding tert-OH is 1. The van der Waals surface area contributed by atoms with E-state index in [9.17, 15) is 12.8 Å². The van der Waals surface area contributed by atoms with E-state index in [2.05, 4.69) is 0 Å². The Morgan fingerprint density at radius 2 is 2.17 bits per heavy atom. The summed E-state index contributed by atoms with van der Waals surface area (Å²) in [6, 6.07) is 4.98. The molecule has 0 saturated carbocycles. The van der Waals surface area contributed by atoms with Crippen LogP contribution in [0.3, 0.4) is 0 Å². The first-order chi connectivity index (χ1) is 8.48. The van der Waals surface area contributed by atoms with Crippen LogP contribution in [0.25, 0.3) is 0 Å². The number of nitriles is 1. The summed E-state index contributed by atoms with van der Waals surface area (Å²) in [5.74, 6) is -0.876. The molecule has 0 aliphatic heterocycles. The number of aliphatic hydroxyl groups is 1. The molecule has 0 fully saturated rings. The van der Waals surface area contributed by atoms with Crippen molar-refractivity contribution in [2.24, 2.45) is 0 Å². The predicted octanol–water partition coefficient (Wildman–Crippen LogP) is 0.700. The van der Waals surface area contributed by atoms with Crippen LogP contribution in [0.4, 0.5) is 4.39 Å². The second-order valence-electron chi connectivity index (χ2n) is 3.45. The third-order valence-corrected chi connectivity index (χ3v) is 4.42. The summed E-state index contributed by atoms with van der Waals surface area (Å²) in [5.41, 5.74) is -0.506. The molecule has 5 nitrogen and oxygen atoms in total. The standard InChI is InChI=1S/C11H13FN2O3S/c1-2-14(6-7-15)18(16,17)11-5-3-4-10(12)9(11)8-13/h3-5,15H,2,6-7H2,1H3. The number of hydrogen-bond acceptors (Lipinski definition) is 4. The lowest BCUT2D eigenvalue weighted by Gasteiger charge is -2.19. The topological polar surface area (TPSA) is 81.4 Å². The molecule has 0 aliphatic carbocycles. The summed E-state index contributed by atoms with van der Waals surface area (Å²) in [5, 5.41) is 17.6. The van der Waals surface area contributed by atoms with Crippen molar-refractivity contribution in [2.75, 3.05) is 19.7 Å². The number of benzene rings is 1. The van der Waals surface area contributed by atoms with Crippen molar-refractivity contribution in [1.29, 1.82) is 5.26 Å². The van der Waals surface area contributed by atoms with Crippen molar-refractivity contribution in [3.63, 3.8) is 0 Å². The lowest BCUT2D eigenvalue weighted by atomic mass is 10.2. The highest BCUT2D eigenvalue weighted by atomic mass is 32.2. The van der Waals surface area contributed by atoms with Gasteiger partial charge in [-0.05, 0) is 12.1 Å². The third-order valence-electron chi connectivity index (χ3n) is 2.41. The number of rotatable bonds is 5. The molecule has 0 heterocycles. The summed E-state index contributed by atoms with van der Waals surface area (Å²) >= 11 is 0. The summed E-state index contributed by atoms with van der Waals surface area (Å²) in [6.07, 6.45) is 0. The average molecular weight is 272 g/mol. The Balaban J connectivity index is 3.37. The molecule has 1 N–H and O–H groups in total. The van der Waals surface area contributed by atoms with Gasteiger partial charge in [0.25, 0.3) is 0 Å². The fourth-order valence-electron chi connectivity index (χ4n) is 1.53. The summed E-state index contributed by atoms with van der Waals surface area (Å²) in [6.45, 7) is 1.29. The molecular weight excluding hydrogens is 259 g/mol. The van der Waals surface area contributed by atoms with Crippen molar-refractivity contribution in [1.82, 2.24) is 4.31 Å². The van der Waals surface area contributed by atoms with E-state index < -0.39 is 21.4 Å². The Morgan fingerprint density at radius 1 is 1.50 bits per heavy atom. The Hall–Kier alpha value is -1.49. The number of likely N-dealkylation sites (N-methyl/N-ethyl adjacent to an activating group) is 1. The molecule has 18 heavy (non-hydrogen) atoms. The maximum absolute atomic E-state index is 13.4. The molecule has 0 atom stereocenters. The first kappa shape index (κ1) is 14.6. The van der Waals surface area contributed by atoms with Crippen LogP contribution >= 0.6 is 0 Å². The van der Waals surface area contributed by atoms with Gasteiger partial charge >= 0.3 is 0 Å². The SMILES string of the molecule is CCN(CCO)S(=O)(=O)c1cccc(F)c1C#N. The minimum atomic E-state index is -3.97. The lowest BCUT2D eigenvalue weighted by molar-refractivity contribution is 0.257. The van der Waals surface area contributed by atoms with E-state index >= 15 is 0 Å². The smallest absolute Gasteiger partial charge is 0.244 e. The first-order valence-electron chi connectivity index (χ1n) is 5.28. The van der Waals surface area contributed by atoms with Crippen LogP contribution in [0.5, 0.6) is 0 Å². The van der Waals surface area contributed by atoms with Crippen LogP contribution in [-0.4, -0.2) is 37.5 Å². The van der Waals surface area contributed by atoms with Gasteiger partial charge in [0.15, 0.2) is 0 Å². The van der Waals surface area contributed by atoms with E-state index in [1.807, 2.05) is 0 Å². The van der Waals surface area contributed by atoms with E-state index in [0.717, 1.165) is 10.4 Å². The number of nitrogens with zero attached hydrogens (tertiary/aromatic N) is 2. The van der Waals surface area contributed by atoms with Gasteiger partial charge in [0, 0.05) is 13.1 Å². The number of halogens is 1. The molecule has 0 amide bonds. The van der Waals surface area contributed by atoms with Gasteiger partial charge in [0.2, 0.25) is 10.0 Å². The maximum atomic E-state index is 13.4. The Labute approximate surface area is 105 Å². The normalized spacial score (nSPS) is 11.5. The molecule has 0 unspecified atom stereocenters. The van der Waals surface area contributed by atoms with Crippen LogP contribution in [0, 0.1) is 17.1 Å². The third kappa shape index (κ3) is 2.67. The van der Waals surface area contributed by atoms with Gasteiger partial charge < -0.3 is 5.11 Å². The van der Waals surface area contributed by atoms with Crippen LogP contribution in [0.15, 0.2) is 23.1 Å². The molecule has 1 rings (SSSR count). The Morgan fingerprint density at radius 3 is 2.67 bits per heavy atom. The van der Waals surface area contributed by atoms with E-state index in [1.165, 1.54) is 12.1 Å². The van der Waals surface area contributed by atoms with Crippen molar-refractivity contribution >= 4 is 10.0 Å². The molecule has 7 heteroatoms. The van der Waals surface area contributed by atoms with Gasteiger partial charge in [-0.3, -0.25) is 0 Å². The first-order valence-corrected chi connectivity index (χ1v) is 6.72. The highest BCUT2D eigenvalue weighted by Gasteiger charge is 2.26. The summed E-state index contributed by atoms with van der Waals surface area (Å²) in [4.78, 5) is -0.375. The number of sulfonamides is 1. The molecule has 0 radical (unpaired) electrons. The molecular formula is C11H13FN2O3S. The van der Waals surface area contributed by atoms with Gasteiger partial charge in [-0.25, -0.2) is 12.8 Å². The maximum Gasteiger partial charge on any atom is 0.244 e. The monoisotopic (exact) mass is 272 g/mol. The van der Waals surface area contributed by atoms with Crippen molar-refractivity contribution in [3.05, 3.63) is 29.6 Å². The molecule has 0 aliphatic rings. The van der Waals surface area contributed by atoms with Crippen molar-refractivity contribution in [2.45, 2.75) is 11.8 Å². The largest absolute Gasteiger partial charge is 0.395 e. The highest BCUT2D eigenvalue weighted by Crippen LogP contribution is 2.21. The zero-order valence-electron chi connectivity index (χ0n) is 9.80. The zero-order chi connectivity index (χ0) is 13.8. The van der Waals surface area contributed by atoms with Gasteiger partial charge in [-0.2, -0.15) is 9.57 Å². The van der Waals surface area contributed by atoms with Gasteiger partial charge in [0.05, 0.1) is 6.61 Å². The molecule has 0 spiro atoms. The average Bonchev–Trinajstić information content (AvgIpc) is 2.35. The van der Waals surface area contributed by atoms with Gasteiger partial charge in [-0.15, -0.1) is 0 Å². The lowest BCUT2D eigenvalue weighted by Crippen LogP contribution is -2.34. The predicted molar refractivity (Wildman–Crippen MR) is 62.6 cm³/mol. The second kappa shape index (κ2) is 5.91.